The Bertz CT molecular complexity index is 1260. The van der Waals surface area contributed by atoms with Crippen LogP contribution in [0.25, 0.3) is 5.65 Å². The molecular weight excluding hydrogens is 437 g/mol. The minimum Gasteiger partial charge on any atom is -0.347 e. The maximum Gasteiger partial charge on any atom is 0.270 e. The molecular formula is C25H26FN5O3. The van der Waals surface area contributed by atoms with Crippen LogP contribution in [0.2, 0.25) is 0 Å². The molecule has 3 aliphatic rings. The Morgan fingerprint density at radius 1 is 1.00 bits per heavy atom. The van der Waals surface area contributed by atoms with Crippen molar-refractivity contribution in [2.45, 2.75) is 57.5 Å². The van der Waals surface area contributed by atoms with E-state index < -0.39 is 5.91 Å². The van der Waals surface area contributed by atoms with Crippen LogP contribution in [0.5, 0.6) is 0 Å². The van der Waals surface area contributed by atoms with E-state index in [-0.39, 0.29) is 46.4 Å². The van der Waals surface area contributed by atoms with Gasteiger partial charge in [-0.05, 0) is 63.1 Å². The Kier molecular flexibility index (Phi) is 5.42. The largest absolute Gasteiger partial charge is 0.347 e. The van der Waals surface area contributed by atoms with Gasteiger partial charge < -0.3 is 10.6 Å². The average Bonchev–Trinajstić information content (AvgIpc) is 3.32. The summed E-state index contributed by atoms with van der Waals surface area (Å²) in [5.41, 5.74) is 0.885. The Hall–Kier alpha value is -3.62. The monoisotopic (exact) mass is 463 g/mol. The number of rotatable bonds is 6. The highest BCUT2D eigenvalue weighted by Crippen LogP contribution is 2.52. The van der Waals surface area contributed by atoms with Gasteiger partial charge in [-0.15, -0.1) is 0 Å². The lowest BCUT2D eigenvalue weighted by Crippen LogP contribution is -2.58. The standard InChI is InChI=1S/C25H26FN5O3/c1-16(32)24-7-10-25(11-8-24,12-9-24)30-23(34)20-14-19(29-21-6-13-28-31(20)21)22(33)27-15-17-2-4-18(26)5-3-17/h2-6,13-14H,7-12,15H2,1H3,(H,27,33)(H,30,34). The van der Waals surface area contributed by atoms with E-state index in [1.165, 1.54) is 28.9 Å². The van der Waals surface area contributed by atoms with Gasteiger partial charge in [0.2, 0.25) is 0 Å². The number of amides is 2. The normalized spacial score (nSPS) is 23.6. The number of hydrogen-bond donors (Lipinski definition) is 2. The molecule has 3 fully saturated rings. The van der Waals surface area contributed by atoms with Gasteiger partial charge in [0, 0.05) is 29.6 Å². The first-order valence-electron chi connectivity index (χ1n) is 11.5. The van der Waals surface area contributed by atoms with Crippen molar-refractivity contribution in [3.8, 4) is 0 Å². The van der Waals surface area contributed by atoms with E-state index in [9.17, 15) is 18.8 Å². The second kappa shape index (κ2) is 8.30. The van der Waals surface area contributed by atoms with Crippen molar-refractivity contribution in [3.63, 3.8) is 0 Å². The fourth-order valence-electron chi connectivity index (χ4n) is 5.27. The number of halogens is 1. The summed E-state index contributed by atoms with van der Waals surface area (Å²) >= 11 is 0. The van der Waals surface area contributed by atoms with Gasteiger partial charge in [-0.1, -0.05) is 12.1 Å². The lowest BCUT2D eigenvalue weighted by molar-refractivity contribution is -0.133. The van der Waals surface area contributed by atoms with E-state index in [1.807, 2.05) is 0 Å². The molecule has 0 saturated heterocycles. The molecule has 0 atom stereocenters. The van der Waals surface area contributed by atoms with Crippen LogP contribution in [0, 0.1) is 11.2 Å². The summed E-state index contributed by atoms with van der Waals surface area (Å²) in [5.74, 6) is -0.862. The van der Waals surface area contributed by atoms with E-state index in [2.05, 4.69) is 20.7 Å². The lowest BCUT2D eigenvalue weighted by Gasteiger charge is -2.52. The Morgan fingerprint density at radius 2 is 1.68 bits per heavy atom. The molecule has 8 nitrogen and oxygen atoms in total. The van der Waals surface area contributed by atoms with Crippen molar-refractivity contribution in [1.29, 1.82) is 0 Å². The molecule has 34 heavy (non-hydrogen) atoms. The van der Waals surface area contributed by atoms with Crippen molar-refractivity contribution in [1.82, 2.24) is 25.2 Å². The molecule has 2 amide bonds. The average molecular weight is 464 g/mol. The van der Waals surface area contributed by atoms with Gasteiger partial charge in [0.1, 0.15) is 23.0 Å². The number of nitrogens with zero attached hydrogens (tertiary/aromatic N) is 3. The first kappa shape index (κ1) is 22.2. The molecule has 1 aromatic carbocycles. The highest BCUT2D eigenvalue weighted by atomic mass is 19.1. The molecule has 6 rings (SSSR count). The smallest absolute Gasteiger partial charge is 0.270 e. The predicted octanol–water partition coefficient (Wildman–Crippen LogP) is 3.21. The molecule has 0 radical (unpaired) electrons. The molecule has 176 valence electrons. The van der Waals surface area contributed by atoms with E-state index in [1.54, 1.807) is 25.1 Å². The highest BCUT2D eigenvalue weighted by Gasteiger charge is 2.51. The quantitative estimate of drug-likeness (QED) is 0.584. The minimum absolute atomic E-state index is 0.0978. The fourth-order valence-corrected chi connectivity index (χ4v) is 5.27. The zero-order valence-electron chi connectivity index (χ0n) is 18.9. The van der Waals surface area contributed by atoms with Crippen molar-refractivity contribution in [2.24, 2.45) is 5.41 Å². The number of benzene rings is 1. The van der Waals surface area contributed by atoms with Crippen LogP contribution >= 0.6 is 0 Å². The van der Waals surface area contributed by atoms with Gasteiger partial charge in [0.15, 0.2) is 5.65 Å². The maximum atomic E-state index is 13.4. The van der Waals surface area contributed by atoms with Crippen LogP contribution in [0.4, 0.5) is 4.39 Å². The van der Waals surface area contributed by atoms with Crippen molar-refractivity contribution in [3.05, 3.63) is 65.4 Å². The summed E-state index contributed by atoms with van der Waals surface area (Å²) in [6.45, 7) is 1.87. The lowest BCUT2D eigenvalue weighted by atomic mass is 9.56. The number of Topliss-reactive ketones (excluding diaryl/α,β-unsaturated/α-hetero) is 1. The van der Waals surface area contributed by atoms with Crippen LogP contribution < -0.4 is 10.6 Å². The molecule has 2 heterocycles. The third-order valence-corrected chi connectivity index (χ3v) is 7.56. The molecule has 0 aliphatic heterocycles. The summed E-state index contributed by atoms with van der Waals surface area (Å²) < 4.78 is 14.5. The van der Waals surface area contributed by atoms with Crippen molar-refractivity contribution >= 4 is 23.2 Å². The van der Waals surface area contributed by atoms with Gasteiger partial charge in [0.05, 0.1) is 6.20 Å². The van der Waals surface area contributed by atoms with Crippen LogP contribution in [0.1, 0.15) is 72.0 Å². The number of fused-ring (bicyclic) bond motifs is 4. The Balaban J connectivity index is 1.34. The zero-order chi connectivity index (χ0) is 23.9. The predicted molar refractivity (Wildman–Crippen MR) is 122 cm³/mol. The third kappa shape index (κ3) is 3.95. The summed E-state index contributed by atoms with van der Waals surface area (Å²) in [6, 6.07) is 8.92. The summed E-state index contributed by atoms with van der Waals surface area (Å²) in [7, 11) is 0. The number of carbonyl (C=O) groups excluding carboxylic acids is 3. The van der Waals surface area contributed by atoms with E-state index in [0.717, 1.165) is 44.1 Å². The number of carbonyl (C=O) groups is 3. The minimum atomic E-state index is -0.443. The molecule has 0 spiro atoms. The SMILES string of the molecule is CC(=O)C12CCC(NC(=O)c3cc(C(=O)NCc4ccc(F)cc4)nc4ccnn34)(CC1)CC2. The Morgan fingerprint density at radius 3 is 2.32 bits per heavy atom. The molecule has 2 aromatic heterocycles. The molecule has 0 unspecified atom stereocenters. The topological polar surface area (TPSA) is 105 Å². The number of ketones is 1. The van der Waals surface area contributed by atoms with Gasteiger partial charge in [-0.2, -0.15) is 5.10 Å². The first-order chi connectivity index (χ1) is 16.3. The number of hydrogen-bond acceptors (Lipinski definition) is 5. The maximum absolute atomic E-state index is 13.4. The summed E-state index contributed by atoms with van der Waals surface area (Å²) in [4.78, 5) is 42.6. The molecule has 9 heteroatoms. The fraction of sp³-hybridized carbons (Fsp3) is 0.400. The van der Waals surface area contributed by atoms with Crippen LogP contribution in [-0.4, -0.2) is 37.7 Å². The zero-order valence-corrected chi connectivity index (χ0v) is 18.9. The number of nitrogens with one attached hydrogen (secondary N) is 2. The molecule has 2 bridgehead atoms. The van der Waals surface area contributed by atoms with Gasteiger partial charge in [-0.25, -0.2) is 13.9 Å². The Labute approximate surface area is 195 Å². The van der Waals surface area contributed by atoms with E-state index in [0.29, 0.717) is 5.65 Å². The second-order valence-electron chi connectivity index (χ2n) is 9.51. The number of aromatic nitrogens is 3. The van der Waals surface area contributed by atoms with Crippen LogP contribution in [-0.2, 0) is 11.3 Å². The van der Waals surface area contributed by atoms with E-state index >= 15 is 0 Å². The van der Waals surface area contributed by atoms with Crippen LogP contribution in [0.3, 0.4) is 0 Å². The first-order valence-corrected chi connectivity index (χ1v) is 11.5. The third-order valence-electron chi connectivity index (χ3n) is 7.56. The molecule has 3 aromatic rings. The summed E-state index contributed by atoms with van der Waals surface area (Å²) in [5, 5.41) is 10.2. The van der Waals surface area contributed by atoms with Crippen LogP contribution in [0.15, 0.2) is 42.6 Å². The van der Waals surface area contributed by atoms with Gasteiger partial charge in [0.25, 0.3) is 11.8 Å². The van der Waals surface area contributed by atoms with Gasteiger partial charge >= 0.3 is 0 Å². The second-order valence-corrected chi connectivity index (χ2v) is 9.51. The van der Waals surface area contributed by atoms with Crippen molar-refractivity contribution < 1.29 is 18.8 Å². The van der Waals surface area contributed by atoms with Gasteiger partial charge in [-0.3, -0.25) is 14.4 Å². The molecule has 3 saturated carbocycles. The highest BCUT2D eigenvalue weighted by molar-refractivity contribution is 5.98. The van der Waals surface area contributed by atoms with E-state index in [4.69, 9.17) is 0 Å². The van der Waals surface area contributed by atoms with Crippen molar-refractivity contribution in [2.75, 3.05) is 0 Å². The molecule has 2 N–H and O–H groups in total. The molecule has 3 aliphatic carbocycles. The summed E-state index contributed by atoms with van der Waals surface area (Å²) in [6.07, 6.45) is 6.16.